The zero-order valence-corrected chi connectivity index (χ0v) is 15.8. The number of nitrogens with one attached hydrogen (secondary N) is 1. The van der Waals surface area contributed by atoms with Gasteiger partial charge in [0, 0.05) is 5.69 Å². The second kappa shape index (κ2) is 7.91. The van der Waals surface area contributed by atoms with E-state index in [0.717, 1.165) is 28.0 Å². The van der Waals surface area contributed by atoms with Crippen LogP contribution < -0.4 is 15.6 Å². The Hall–Kier alpha value is -3.34. The first-order chi connectivity index (χ1) is 13.0. The van der Waals surface area contributed by atoms with Gasteiger partial charge in [-0.2, -0.15) is 4.98 Å². The first-order valence-electron chi connectivity index (χ1n) is 8.71. The fourth-order valence-electron chi connectivity index (χ4n) is 2.76. The van der Waals surface area contributed by atoms with Crippen molar-refractivity contribution >= 4 is 17.2 Å². The summed E-state index contributed by atoms with van der Waals surface area (Å²) in [5.74, 6) is 0.676. The predicted molar refractivity (Wildman–Crippen MR) is 110 cm³/mol. The number of nitrogens with zero attached hydrogens (tertiary/aromatic N) is 2. The summed E-state index contributed by atoms with van der Waals surface area (Å²) >= 11 is 0. The van der Waals surface area contributed by atoms with E-state index in [1.807, 2.05) is 66.9 Å². The molecule has 3 aromatic rings. The van der Waals surface area contributed by atoms with Crippen LogP contribution in [0.1, 0.15) is 23.6 Å². The number of rotatable bonds is 6. The minimum Gasteiger partial charge on any atom is -0.490 e. The lowest BCUT2D eigenvalue weighted by molar-refractivity contribution is 0.402. The highest BCUT2D eigenvalue weighted by Gasteiger charge is 2.11. The third kappa shape index (κ3) is 4.26. The van der Waals surface area contributed by atoms with Crippen molar-refractivity contribution in [3.05, 3.63) is 88.4 Å². The van der Waals surface area contributed by atoms with Crippen molar-refractivity contribution < 1.29 is 4.74 Å². The Bertz CT molecular complexity index is 1020. The van der Waals surface area contributed by atoms with Gasteiger partial charge in [0.2, 0.25) is 11.7 Å². The number of ether oxygens (including phenoxy) is 1. The number of benzene rings is 2. The maximum atomic E-state index is 12.2. The van der Waals surface area contributed by atoms with Gasteiger partial charge in [-0.3, -0.25) is 4.79 Å². The minimum atomic E-state index is -0.405. The minimum absolute atomic E-state index is 0.212. The second-order valence-corrected chi connectivity index (χ2v) is 6.49. The van der Waals surface area contributed by atoms with Crippen LogP contribution >= 0.6 is 0 Å². The molecule has 0 aliphatic rings. The molecule has 0 saturated heterocycles. The molecule has 5 heteroatoms. The van der Waals surface area contributed by atoms with Gasteiger partial charge in [0.15, 0.2) is 0 Å². The van der Waals surface area contributed by atoms with Crippen molar-refractivity contribution in [2.45, 2.75) is 20.4 Å². The van der Waals surface area contributed by atoms with Gasteiger partial charge in [-0.05, 0) is 36.6 Å². The molecule has 0 aliphatic heterocycles. The molecule has 0 unspecified atom stereocenters. The summed E-state index contributed by atoms with van der Waals surface area (Å²) in [6.45, 7) is 8.53. The Morgan fingerprint density at radius 1 is 1.22 bits per heavy atom. The molecular weight excluding hydrogens is 338 g/mol. The maximum Gasteiger partial charge on any atom is 0.316 e. The number of allylic oxidation sites excluding steroid dienone is 1. The van der Waals surface area contributed by atoms with Crippen molar-refractivity contribution in [2.75, 3.05) is 12.4 Å². The van der Waals surface area contributed by atoms with Crippen LogP contribution in [0.25, 0.3) is 5.57 Å². The zero-order valence-electron chi connectivity index (χ0n) is 15.8. The van der Waals surface area contributed by atoms with Crippen LogP contribution in [0, 0.1) is 6.92 Å². The Labute approximate surface area is 159 Å². The fraction of sp³-hybridized carbons (Fsp3) is 0.182. The standard InChI is InChI=1S/C22H23N3O2/c1-15(2)18-11-10-16(3)19(12-18)23-22-24-21(26)20(27-4)14-25(22)13-17-8-6-5-7-9-17/h5-12,14H,1,13H2,2-4H3,(H,23,24,26). The number of methoxy groups -OCH3 is 1. The summed E-state index contributed by atoms with van der Waals surface area (Å²) in [5, 5.41) is 3.30. The summed E-state index contributed by atoms with van der Waals surface area (Å²) in [5.41, 5.74) is 4.64. The van der Waals surface area contributed by atoms with Gasteiger partial charge >= 0.3 is 5.56 Å². The van der Waals surface area contributed by atoms with E-state index in [0.29, 0.717) is 12.5 Å². The molecule has 0 fully saturated rings. The molecule has 27 heavy (non-hydrogen) atoms. The molecule has 0 radical (unpaired) electrons. The van der Waals surface area contributed by atoms with Gasteiger partial charge in [0.25, 0.3) is 0 Å². The monoisotopic (exact) mass is 361 g/mol. The lowest BCUT2D eigenvalue weighted by Gasteiger charge is -2.17. The summed E-state index contributed by atoms with van der Waals surface area (Å²) in [6, 6.07) is 16.1. The zero-order chi connectivity index (χ0) is 19.4. The van der Waals surface area contributed by atoms with E-state index in [1.165, 1.54) is 7.11 Å². The van der Waals surface area contributed by atoms with Crippen molar-refractivity contribution in [3.63, 3.8) is 0 Å². The average Bonchev–Trinajstić information content (AvgIpc) is 2.66. The Morgan fingerprint density at radius 3 is 2.63 bits per heavy atom. The van der Waals surface area contributed by atoms with Crippen LogP contribution in [0.2, 0.25) is 0 Å². The van der Waals surface area contributed by atoms with Gasteiger partial charge in [-0.25, -0.2) is 0 Å². The van der Waals surface area contributed by atoms with E-state index in [-0.39, 0.29) is 5.75 Å². The molecule has 5 nitrogen and oxygen atoms in total. The number of hydrogen-bond donors (Lipinski definition) is 1. The van der Waals surface area contributed by atoms with Crippen LogP contribution in [-0.4, -0.2) is 16.7 Å². The highest BCUT2D eigenvalue weighted by Crippen LogP contribution is 2.24. The Morgan fingerprint density at radius 2 is 1.96 bits per heavy atom. The molecule has 1 heterocycles. The van der Waals surface area contributed by atoms with Gasteiger partial charge in [-0.15, -0.1) is 0 Å². The van der Waals surface area contributed by atoms with Crippen LogP contribution in [0.3, 0.4) is 0 Å². The lowest BCUT2D eigenvalue weighted by Crippen LogP contribution is -2.19. The molecule has 0 amide bonds. The molecule has 0 saturated carbocycles. The van der Waals surface area contributed by atoms with Gasteiger partial charge in [0.1, 0.15) is 0 Å². The van der Waals surface area contributed by atoms with Crippen molar-refractivity contribution in [2.24, 2.45) is 0 Å². The molecule has 138 valence electrons. The summed E-state index contributed by atoms with van der Waals surface area (Å²) in [6.07, 6.45) is 1.68. The third-order valence-electron chi connectivity index (χ3n) is 4.36. The van der Waals surface area contributed by atoms with Crippen LogP contribution in [0.4, 0.5) is 11.6 Å². The normalized spacial score (nSPS) is 10.5. The predicted octanol–water partition coefficient (Wildman–Crippen LogP) is 4.39. The molecule has 0 bridgehead atoms. The van der Waals surface area contributed by atoms with Gasteiger partial charge in [0.05, 0.1) is 19.9 Å². The highest BCUT2D eigenvalue weighted by molar-refractivity contribution is 5.69. The first kappa shape index (κ1) is 18.5. The van der Waals surface area contributed by atoms with Gasteiger partial charge in [-0.1, -0.05) is 54.6 Å². The van der Waals surface area contributed by atoms with Crippen molar-refractivity contribution in [3.8, 4) is 5.75 Å². The Kier molecular flexibility index (Phi) is 5.41. The molecule has 1 N–H and O–H groups in total. The van der Waals surface area contributed by atoms with E-state index in [1.54, 1.807) is 6.20 Å². The quantitative estimate of drug-likeness (QED) is 0.708. The number of hydrogen-bond acceptors (Lipinski definition) is 4. The average molecular weight is 361 g/mol. The van der Waals surface area contributed by atoms with E-state index in [2.05, 4.69) is 16.9 Å². The smallest absolute Gasteiger partial charge is 0.316 e. The lowest BCUT2D eigenvalue weighted by atomic mass is 10.1. The topological polar surface area (TPSA) is 56.1 Å². The van der Waals surface area contributed by atoms with Crippen molar-refractivity contribution in [1.82, 2.24) is 9.55 Å². The molecule has 0 atom stereocenters. The summed E-state index contributed by atoms with van der Waals surface area (Å²) < 4.78 is 7.05. The highest BCUT2D eigenvalue weighted by atomic mass is 16.5. The molecule has 2 aromatic carbocycles. The van der Waals surface area contributed by atoms with E-state index >= 15 is 0 Å². The fourth-order valence-corrected chi connectivity index (χ4v) is 2.76. The molecule has 1 aromatic heterocycles. The molecule has 3 rings (SSSR count). The van der Waals surface area contributed by atoms with E-state index in [9.17, 15) is 4.79 Å². The number of aryl methyl sites for hydroxylation is 1. The molecule has 0 aliphatic carbocycles. The van der Waals surface area contributed by atoms with Crippen LogP contribution in [0.15, 0.2) is 66.1 Å². The maximum absolute atomic E-state index is 12.2. The van der Waals surface area contributed by atoms with Crippen LogP contribution in [-0.2, 0) is 6.54 Å². The van der Waals surface area contributed by atoms with Crippen LogP contribution in [0.5, 0.6) is 5.75 Å². The van der Waals surface area contributed by atoms with Gasteiger partial charge < -0.3 is 14.6 Å². The first-order valence-corrected chi connectivity index (χ1v) is 8.71. The van der Waals surface area contributed by atoms with Crippen molar-refractivity contribution in [1.29, 1.82) is 0 Å². The molecule has 0 spiro atoms. The SMILES string of the molecule is C=C(C)c1ccc(C)c(Nc2nc(=O)c(OC)cn2Cc2ccccc2)c1. The van der Waals surface area contributed by atoms with E-state index < -0.39 is 5.56 Å². The summed E-state index contributed by atoms with van der Waals surface area (Å²) in [7, 11) is 1.47. The molecular formula is C22H23N3O2. The second-order valence-electron chi connectivity index (χ2n) is 6.49. The number of aromatic nitrogens is 2. The van der Waals surface area contributed by atoms with E-state index in [4.69, 9.17) is 4.74 Å². The largest absolute Gasteiger partial charge is 0.490 e. The third-order valence-corrected chi connectivity index (χ3v) is 4.36. The Balaban J connectivity index is 2.04. The number of anilines is 2. The summed E-state index contributed by atoms with van der Waals surface area (Å²) in [4.78, 5) is 16.4.